The Morgan fingerprint density at radius 2 is 1.64 bits per heavy atom. The lowest BCUT2D eigenvalue weighted by atomic mass is 10.1. The molecule has 160 valence electrons. The van der Waals surface area contributed by atoms with Crippen molar-refractivity contribution in [2.75, 3.05) is 18.6 Å². The molecule has 3 unspecified atom stereocenters. The van der Waals surface area contributed by atoms with Gasteiger partial charge in [-0.1, -0.05) is 0 Å². The number of aliphatic carboxylic acids is 1. The van der Waals surface area contributed by atoms with E-state index in [0.29, 0.717) is 12.2 Å². The van der Waals surface area contributed by atoms with Crippen LogP contribution in [0.5, 0.6) is 0 Å². The molecule has 0 aromatic rings. The molecule has 0 spiro atoms. The second-order valence-electron chi connectivity index (χ2n) is 5.97. The smallest absolute Gasteiger partial charge is 0.326 e. The van der Waals surface area contributed by atoms with Crippen LogP contribution in [-0.4, -0.2) is 71.4 Å². The van der Waals surface area contributed by atoms with E-state index in [1.54, 1.807) is 0 Å². The number of carbonyl (C=O) groups is 4. The molecule has 0 aliphatic heterocycles. The van der Waals surface area contributed by atoms with Gasteiger partial charge in [0.05, 0.1) is 12.5 Å². The van der Waals surface area contributed by atoms with E-state index < -0.39 is 41.8 Å². The van der Waals surface area contributed by atoms with Crippen molar-refractivity contribution in [3.8, 4) is 0 Å². The molecule has 0 fully saturated rings. The highest BCUT2D eigenvalue weighted by Gasteiger charge is 2.27. The summed E-state index contributed by atoms with van der Waals surface area (Å²) in [6, 6.07) is -3.37. The average Bonchev–Trinajstić information content (AvgIpc) is 2.59. The van der Waals surface area contributed by atoms with E-state index in [0.717, 1.165) is 0 Å². The maximum absolute atomic E-state index is 12.5. The lowest BCUT2D eigenvalue weighted by molar-refractivity contribution is -0.142. The zero-order valence-electron chi connectivity index (χ0n) is 15.7. The molecule has 12 nitrogen and oxygen atoms in total. The van der Waals surface area contributed by atoms with Crippen molar-refractivity contribution in [2.45, 2.75) is 43.8 Å². The summed E-state index contributed by atoms with van der Waals surface area (Å²) in [7, 11) is 0. The number of nitrogens with zero attached hydrogens (tertiary/aromatic N) is 1. The Balaban J connectivity index is 4.94. The van der Waals surface area contributed by atoms with Crippen LogP contribution in [-0.2, 0) is 19.2 Å². The molecule has 0 saturated heterocycles. The van der Waals surface area contributed by atoms with Gasteiger partial charge in [-0.2, -0.15) is 11.8 Å². The Labute approximate surface area is 167 Å². The largest absolute Gasteiger partial charge is 0.480 e. The van der Waals surface area contributed by atoms with Crippen molar-refractivity contribution >= 4 is 41.4 Å². The number of carboxylic acid groups (broad SMARTS) is 1. The summed E-state index contributed by atoms with van der Waals surface area (Å²) in [5, 5.41) is 14.1. The molecule has 3 amide bonds. The lowest BCUT2D eigenvalue weighted by Gasteiger charge is -2.22. The Bertz CT molecular complexity index is 583. The van der Waals surface area contributed by atoms with Crippen molar-refractivity contribution in [2.24, 2.45) is 27.9 Å². The van der Waals surface area contributed by atoms with Gasteiger partial charge in [0.15, 0.2) is 5.96 Å². The first-order valence-electron chi connectivity index (χ1n) is 8.50. The predicted octanol–water partition coefficient (Wildman–Crippen LogP) is -2.95. The Morgan fingerprint density at radius 3 is 2.14 bits per heavy atom. The number of aliphatic imine (C=N–C) groups is 1. The Morgan fingerprint density at radius 1 is 1.04 bits per heavy atom. The van der Waals surface area contributed by atoms with Gasteiger partial charge in [0, 0.05) is 6.54 Å². The number of hydrogen-bond donors (Lipinski definition) is 7. The van der Waals surface area contributed by atoms with Crippen LogP contribution in [0.2, 0.25) is 0 Å². The van der Waals surface area contributed by atoms with Crippen LogP contribution in [0.15, 0.2) is 4.99 Å². The van der Waals surface area contributed by atoms with E-state index in [4.69, 9.17) is 22.9 Å². The van der Waals surface area contributed by atoms with Crippen molar-refractivity contribution < 1.29 is 24.3 Å². The van der Waals surface area contributed by atoms with Gasteiger partial charge in [0.25, 0.3) is 0 Å². The second kappa shape index (κ2) is 13.6. The van der Waals surface area contributed by atoms with Gasteiger partial charge in [-0.3, -0.25) is 19.4 Å². The van der Waals surface area contributed by atoms with E-state index in [9.17, 15) is 24.3 Å². The summed E-state index contributed by atoms with van der Waals surface area (Å²) in [6.07, 6.45) is 2.13. The number of primary amides is 1. The van der Waals surface area contributed by atoms with Gasteiger partial charge in [-0.05, 0) is 31.3 Å². The van der Waals surface area contributed by atoms with Crippen molar-refractivity contribution in [1.29, 1.82) is 0 Å². The number of carbonyl (C=O) groups excluding carboxylic acids is 3. The molecule has 13 heteroatoms. The summed E-state index contributed by atoms with van der Waals surface area (Å²) < 4.78 is 0. The third-order valence-corrected chi connectivity index (χ3v) is 4.21. The minimum absolute atomic E-state index is 0.0994. The number of guanidine groups is 1. The number of thioether (sulfide) groups is 1. The molecule has 0 heterocycles. The molecule has 28 heavy (non-hydrogen) atoms. The number of nitrogens with two attached hydrogens (primary N) is 4. The van der Waals surface area contributed by atoms with Crippen molar-refractivity contribution in [3.63, 3.8) is 0 Å². The van der Waals surface area contributed by atoms with Gasteiger partial charge < -0.3 is 38.7 Å². The van der Waals surface area contributed by atoms with Gasteiger partial charge in [-0.15, -0.1) is 0 Å². The minimum Gasteiger partial charge on any atom is -0.480 e. The molecule has 0 aliphatic rings. The molecule has 3 atom stereocenters. The van der Waals surface area contributed by atoms with Gasteiger partial charge in [0.1, 0.15) is 12.1 Å². The SMILES string of the molecule is CSCCC(NC(=O)C(N)CC(N)=O)C(=O)NC(CCCN=C(N)N)C(=O)O. The first-order valence-corrected chi connectivity index (χ1v) is 9.89. The normalized spacial score (nSPS) is 13.6. The van der Waals surface area contributed by atoms with E-state index in [-0.39, 0.29) is 31.8 Å². The highest BCUT2D eigenvalue weighted by Crippen LogP contribution is 2.05. The van der Waals surface area contributed by atoms with Crippen LogP contribution in [0.4, 0.5) is 0 Å². The van der Waals surface area contributed by atoms with Crippen LogP contribution in [0.25, 0.3) is 0 Å². The molecule has 0 rings (SSSR count). The van der Waals surface area contributed by atoms with Gasteiger partial charge in [-0.25, -0.2) is 4.79 Å². The molecule has 0 bridgehead atoms. The molecule has 11 N–H and O–H groups in total. The first-order chi connectivity index (χ1) is 13.1. The van der Waals surface area contributed by atoms with Crippen LogP contribution < -0.4 is 33.6 Å². The molecule has 0 saturated carbocycles. The number of carboxylic acids is 1. The Hall–Kier alpha value is -2.54. The summed E-state index contributed by atoms with van der Waals surface area (Å²) in [5.74, 6) is -2.94. The molecular weight excluding hydrogens is 390 g/mol. The van der Waals surface area contributed by atoms with E-state index in [2.05, 4.69) is 15.6 Å². The maximum atomic E-state index is 12.5. The van der Waals surface area contributed by atoms with Gasteiger partial charge >= 0.3 is 5.97 Å². The highest BCUT2D eigenvalue weighted by atomic mass is 32.2. The monoisotopic (exact) mass is 419 g/mol. The molecule has 0 aliphatic carbocycles. The quantitative estimate of drug-likeness (QED) is 0.0865. The molecule has 0 radical (unpaired) electrons. The van der Waals surface area contributed by atoms with E-state index in [1.807, 2.05) is 6.26 Å². The zero-order chi connectivity index (χ0) is 21.7. The van der Waals surface area contributed by atoms with Crippen molar-refractivity contribution in [1.82, 2.24) is 10.6 Å². The van der Waals surface area contributed by atoms with E-state index in [1.165, 1.54) is 11.8 Å². The topological polar surface area (TPSA) is 229 Å². The highest BCUT2D eigenvalue weighted by molar-refractivity contribution is 7.98. The summed E-state index contributed by atoms with van der Waals surface area (Å²) in [4.78, 5) is 50.6. The van der Waals surface area contributed by atoms with E-state index >= 15 is 0 Å². The fraction of sp³-hybridized carbons (Fsp3) is 0.667. The standard InChI is InChI=1S/C15H29N7O5S/c1-28-6-4-9(21-12(24)8(16)7-11(17)23)13(25)22-10(14(26)27)3-2-5-20-15(18)19/h8-10H,2-7,16H2,1H3,(H2,17,23)(H,21,24)(H,22,25)(H,26,27)(H4,18,19,20). The maximum Gasteiger partial charge on any atom is 0.326 e. The summed E-state index contributed by atoms with van der Waals surface area (Å²) >= 11 is 1.45. The predicted molar refractivity (Wildman–Crippen MR) is 106 cm³/mol. The number of rotatable bonds is 14. The van der Waals surface area contributed by atoms with Crippen LogP contribution in [0, 0.1) is 0 Å². The number of amides is 3. The third kappa shape index (κ3) is 11.2. The van der Waals surface area contributed by atoms with Gasteiger partial charge in [0.2, 0.25) is 17.7 Å². The summed E-state index contributed by atoms with van der Waals surface area (Å²) in [6.45, 7) is 0.219. The average molecular weight is 420 g/mol. The fourth-order valence-electron chi connectivity index (χ4n) is 2.13. The first kappa shape index (κ1) is 25.5. The van der Waals surface area contributed by atoms with Crippen LogP contribution >= 0.6 is 11.8 Å². The molecular formula is C15H29N7O5S. The minimum atomic E-state index is -1.22. The Kier molecular flexibility index (Phi) is 12.4. The summed E-state index contributed by atoms with van der Waals surface area (Å²) in [5.41, 5.74) is 21.0. The zero-order valence-corrected chi connectivity index (χ0v) is 16.5. The molecule has 0 aromatic carbocycles. The fourth-order valence-corrected chi connectivity index (χ4v) is 2.60. The third-order valence-electron chi connectivity index (χ3n) is 3.56. The number of nitrogens with one attached hydrogen (secondary N) is 2. The van der Waals surface area contributed by atoms with Crippen LogP contribution in [0.1, 0.15) is 25.7 Å². The molecule has 0 aromatic heterocycles. The van der Waals surface area contributed by atoms with Crippen LogP contribution in [0.3, 0.4) is 0 Å². The lowest BCUT2D eigenvalue weighted by Crippen LogP contribution is -2.55. The number of hydrogen-bond acceptors (Lipinski definition) is 7. The van der Waals surface area contributed by atoms with Crippen molar-refractivity contribution in [3.05, 3.63) is 0 Å². The second-order valence-corrected chi connectivity index (χ2v) is 6.95.